The summed E-state index contributed by atoms with van der Waals surface area (Å²) in [5, 5.41) is 9.31. The van der Waals surface area contributed by atoms with E-state index in [0.29, 0.717) is 18.8 Å². The molecule has 0 unspecified atom stereocenters. The highest BCUT2D eigenvalue weighted by Crippen LogP contribution is 2.32. The smallest absolute Gasteiger partial charge is 0.212 e. The summed E-state index contributed by atoms with van der Waals surface area (Å²) in [5.41, 5.74) is -1.18. The van der Waals surface area contributed by atoms with E-state index in [1.54, 1.807) is 0 Å². The minimum Gasteiger partial charge on any atom is -0.212 e. The van der Waals surface area contributed by atoms with Gasteiger partial charge in [0.25, 0.3) is 0 Å². The zero-order valence-electron chi connectivity index (χ0n) is 11.8. The molecule has 1 aliphatic rings. The van der Waals surface area contributed by atoms with Gasteiger partial charge in [0.15, 0.2) is 0 Å². The van der Waals surface area contributed by atoms with E-state index in [9.17, 15) is 13.7 Å². The van der Waals surface area contributed by atoms with Crippen LogP contribution in [0.15, 0.2) is 0 Å². The maximum atomic E-state index is 12.1. The van der Waals surface area contributed by atoms with Gasteiger partial charge in [-0.25, -0.2) is 8.42 Å². The average molecular weight is 272 g/mol. The molecule has 0 amide bonds. The Morgan fingerprint density at radius 1 is 1.33 bits per heavy atom. The van der Waals surface area contributed by atoms with Crippen molar-refractivity contribution in [1.82, 2.24) is 4.72 Å². The molecule has 18 heavy (non-hydrogen) atoms. The van der Waals surface area contributed by atoms with Crippen LogP contribution in [0.3, 0.4) is 0 Å². The molecule has 0 bridgehead atoms. The molecule has 0 spiro atoms. The maximum absolute atomic E-state index is 12.1. The van der Waals surface area contributed by atoms with Crippen molar-refractivity contribution in [3.05, 3.63) is 0 Å². The van der Waals surface area contributed by atoms with E-state index in [1.807, 2.05) is 20.8 Å². The molecule has 0 heterocycles. The third-order valence-electron chi connectivity index (χ3n) is 3.32. The summed E-state index contributed by atoms with van der Waals surface area (Å²) in [6, 6.07) is 2.19. The van der Waals surface area contributed by atoms with Crippen LogP contribution in [0.2, 0.25) is 0 Å². The first-order chi connectivity index (χ1) is 8.08. The van der Waals surface area contributed by atoms with E-state index in [2.05, 4.69) is 17.7 Å². The van der Waals surface area contributed by atoms with Gasteiger partial charge in [0.05, 0.1) is 11.8 Å². The fourth-order valence-corrected chi connectivity index (χ4v) is 4.45. The van der Waals surface area contributed by atoms with E-state index in [4.69, 9.17) is 0 Å². The average Bonchev–Trinajstić information content (AvgIpc) is 2.18. The summed E-state index contributed by atoms with van der Waals surface area (Å²) in [7, 11) is -3.40. The Labute approximate surface area is 111 Å². The lowest BCUT2D eigenvalue weighted by Crippen LogP contribution is -2.51. The molecule has 1 saturated carbocycles. The largest absolute Gasteiger partial charge is 0.213 e. The van der Waals surface area contributed by atoms with Crippen LogP contribution >= 0.6 is 0 Å². The summed E-state index contributed by atoms with van der Waals surface area (Å²) in [6.45, 7) is 7.79. The monoisotopic (exact) mass is 272 g/mol. The van der Waals surface area contributed by atoms with E-state index in [0.717, 1.165) is 12.8 Å². The zero-order valence-corrected chi connectivity index (χ0v) is 12.6. The number of nitrogens with one attached hydrogen (secondary N) is 1. The molecule has 104 valence electrons. The Morgan fingerprint density at radius 3 is 2.22 bits per heavy atom. The molecule has 5 heteroatoms. The number of nitrogens with zero attached hydrogens (tertiary/aromatic N) is 1. The lowest BCUT2D eigenvalue weighted by molar-refractivity contribution is 0.277. The molecule has 0 aromatic rings. The third kappa shape index (κ3) is 4.58. The third-order valence-corrected chi connectivity index (χ3v) is 5.26. The molecule has 0 saturated heterocycles. The van der Waals surface area contributed by atoms with Crippen molar-refractivity contribution in [1.29, 1.82) is 5.26 Å². The SMILES string of the molecule is CC1CCC(C#N)(NS(=O)(=O)CC(C)(C)C)CC1. The summed E-state index contributed by atoms with van der Waals surface area (Å²) < 4.78 is 26.8. The van der Waals surface area contributed by atoms with Gasteiger partial charge in [-0.1, -0.05) is 27.7 Å². The molecular weight excluding hydrogens is 248 g/mol. The van der Waals surface area contributed by atoms with Crippen molar-refractivity contribution in [2.45, 2.75) is 58.9 Å². The number of nitriles is 1. The van der Waals surface area contributed by atoms with Crippen molar-refractivity contribution in [2.75, 3.05) is 5.75 Å². The summed E-state index contributed by atoms with van der Waals surface area (Å²) in [4.78, 5) is 0. The summed E-state index contributed by atoms with van der Waals surface area (Å²) in [5.74, 6) is 0.637. The van der Waals surface area contributed by atoms with Crippen molar-refractivity contribution in [2.24, 2.45) is 11.3 Å². The van der Waals surface area contributed by atoms with Crippen LogP contribution in [0, 0.1) is 22.7 Å². The van der Waals surface area contributed by atoms with Gasteiger partial charge < -0.3 is 0 Å². The highest BCUT2D eigenvalue weighted by Gasteiger charge is 2.38. The van der Waals surface area contributed by atoms with Crippen LogP contribution < -0.4 is 4.72 Å². The van der Waals surface area contributed by atoms with Crippen LogP contribution in [0.25, 0.3) is 0 Å². The number of sulfonamides is 1. The highest BCUT2D eigenvalue weighted by atomic mass is 32.2. The Kier molecular flexibility index (Phi) is 4.45. The van der Waals surface area contributed by atoms with Crippen LogP contribution in [0.5, 0.6) is 0 Å². The first kappa shape index (κ1) is 15.5. The zero-order chi connectivity index (χ0) is 14.0. The maximum Gasteiger partial charge on any atom is 0.213 e. The fraction of sp³-hybridized carbons (Fsp3) is 0.923. The molecule has 1 fully saturated rings. The predicted molar refractivity (Wildman–Crippen MR) is 72.4 cm³/mol. The lowest BCUT2D eigenvalue weighted by atomic mass is 9.79. The van der Waals surface area contributed by atoms with Crippen LogP contribution in [-0.4, -0.2) is 19.7 Å². The summed E-state index contributed by atoms with van der Waals surface area (Å²) >= 11 is 0. The van der Waals surface area contributed by atoms with Gasteiger partial charge in [0, 0.05) is 0 Å². The molecule has 0 atom stereocenters. The van der Waals surface area contributed by atoms with Gasteiger partial charge in [-0.05, 0) is 37.0 Å². The van der Waals surface area contributed by atoms with Gasteiger partial charge in [0.1, 0.15) is 5.54 Å². The predicted octanol–water partition coefficient (Wildman–Crippen LogP) is 2.42. The molecule has 1 N–H and O–H groups in total. The van der Waals surface area contributed by atoms with Crippen molar-refractivity contribution < 1.29 is 8.42 Å². The topological polar surface area (TPSA) is 70.0 Å². The first-order valence-corrected chi connectivity index (χ1v) is 8.16. The van der Waals surface area contributed by atoms with E-state index in [-0.39, 0.29) is 11.2 Å². The van der Waals surface area contributed by atoms with E-state index in [1.165, 1.54) is 0 Å². The normalized spacial score (nSPS) is 29.8. The number of hydrogen-bond donors (Lipinski definition) is 1. The molecule has 0 aromatic carbocycles. The van der Waals surface area contributed by atoms with Gasteiger partial charge in [-0.2, -0.15) is 9.98 Å². The minimum atomic E-state index is -3.40. The van der Waals surface area contributed by atoms with E-state index >= 15 is 0 Å². The number of hydrogen-bond acceptors (Lipinski definition) is 3. The lowest BCUT2D eigenvalue weighted by Gasteiger charge is -2.34. The molecule has 1 rings (SSSR count). The highest BCUT2D eigenvalue weighted by molar-refractivity contribution is 7.89. The van der Waals surface area contributed by atoms with Crippen LogP contribution in [-0.2, 0) is 10.0 Å². The Morgan fingerprint density at radius 2 is 1.83 bits per heavy atom. The van der Waals surface area contributed by atoms with Gasteiger partial charge in [0.2, 0.25) is 10.0 Å². The standard InChI is InChI=1S/C13H24N2O2S/c1-11-5-7-13(9-14,8-6-11)15-18(16,17)10-12(2,3)4/h11,15H,5-8,10H2,1-4H3. The van der Waals surface area contributed by atoms with E-state index < -0.39 is 15.6 Å². The summed E-state index contributed by atoms with van der Waals surface area (Å²) in [6.07, 6.45) is 3.05. The van der Waals surface area contributed by atoms with Crippen LogP contribution in [0.1, 0.15) is 53.4 Å². The second-order valence-corrected chi connectivity index (χ2v) is 8.52. The van der Waals surface area contributed by atoms with Crippen molar-refractivity contribution >= 4 is 10.0 Å². The van der Waals surface area contributed by atoms with Crippen molar-refractivity contribution in [3.8, 4) is 6.07 Å². The Balaban J connectivity index is 2.78. The molecule has 0 radical (unpaired) electrons. The quantitative estimate of drug-likeness (QED) is 0.857. The van der Waals surface area contributed by atoms with Gasteiger partial charge in [-0.15, -0.1) is 0 Å². The van der Waals surface area contributed by atoms with Gasteiger partial charge in [-0.3, -0.25) is 0 Å². The Hall–Kier alpha value is -0.600. The molecule has 1 aliphatic carbocycles. The van der Waals surface area contributed by atoms with Crippen LogP contribution in [0.4, 0.5) is 0 Å². The van der Waals surface area contributed by atoms with Crippen molar-refractivity contribution in [3.63, 3.8) is 0 Å². The Bertz CT molecular complexity index is 421. The second-order valence-electron chi connectivity index (χ2n) is 6.80. The molecular formula is C13H24N2O2S. The molecule has 0 aromatic heterocycles. The minimum absolute atomic E-state index is 0.0545. The fourth-order valence-electron chi connectivity index (χ4n) is 2.40. The molecule has 4 nitrogen and oxygen atoms in total. The molecule has 0 aliphatic heterocycles. The second kappa shape index (κ2) is 5.18. The van der Waals surface area contributed by atoms with Gasteiger partial charge >= 0.3 is 0 Å². The first-order valence-electron chi connectivity index (χ1n) is 6.50. The number of rotatable bonds is 3.